The Kier molecular flexibility index (Phi) is 5.14. The van der Waals surface area contributed by atoms with Crippen molar-refractivity contribution in [2.75, 3.05) is 44.7 Å². The lowest BCUT2D eigenvalue weighted by Gasteiger charge is -2.40. The summed E-state index contributed by atoms with van der Waals surface area (Å²) in [5.41, 5.74) is 0. The van der Waals surface area contributed by atoms with E-state index in [4.69, 9.17) is 0 Å². The second-order valence-electron chi connectivity index (χ2n) is 6.39. The van der Waals surface area contributed by atoms with Crippen LogP contribution in [-0.4, -0.2) is 86.0 Å². The van der Waals surface area contributed by atoms with E-state index in [1.165, 1.54) is 0 Å². The summed E-state index contributed by atoms with van der Waals surface area (Å²) >= 11 is 0. The van der Waals surface area contributed by atoms with Crippen LogP contribution in [-0.2, 0) is 9.84 Å². The number of nitrogens with zero attached hydrogens (tertiary/aromatic N) is 3. The number of hydrogen-bond acceptors (Lipinski definition) is 4. The number of likely N-dealkylation sites (tertiary alicyclic amines) is 1. The Morgan fingerprint density at radius 1 is 1.10 bits per heavy atom. The average Bonchev–Trinajstić information content (AvgIpc) is 2.46. The van der Waals surface area contributed by atoms with Crippen molar-refractivity contribution in [2.24, 2.45) is 0 Å². The Morgan fingerprint density at radius 2 is 1.62 bits per heavy atom. The zero-order valence-corrected chi connectivity index (χ0v) is 14.1. The number of sulfone groups is 1. The molecule has 0 aromatic rings. The van der Waals surface area contributed by atoms with Crippen LogP contribution >= 0.6 is 0 Å². The molecule has 0 aromatic carbocycles. The topological polar surface area (TPSA) is 60.9 Å². The summed E-state index contributed by atoms with van der Waals surface area (Å²) < 4.78 is 22.9. The number of carbonyl (C=O) groups excluding carboxylic acids is 1. The van der Waals surface area contributed by atoms with Gasteiger partial charge in [-0.25, -0.2) is 13.2 Å². The first-order chi connectivity index (χ1) is 9.80. The number of hydrogen-bond donors (Lipinski definition) is 0. The summed E-state index contributed by atoms with van der Waals surface area (Å²) in [6.45, 7) is 7.10. The van der Waals surface area contributed by atoms with E-state index in [0.29, 0.717) is 19.1 Å². The molecule has 0 bridgehead atoms. The Hall–Kier alpha value is -0.820. The lowest BCUT2D eigenvalue weighted by atomic mass is 10.0. The second kappa shape index (κ2) is 6.52. The first kappa shape index (κ1) is 16.5. The van der Waals surface area contributed by atoms with Crippen molar-refractivity contribution in [1.29, 1.82) is 0 Å². The van der Waals surface area contributed by atoms with E-state index in [2.05, 4.69) is 18.7 Å². The molecule has 0 radical (unpaired) electrons. The molecular formula is C14H27N3O3S. The fourth-order valence-corrected chi connectivity index (χ4v) is 4.27. The molecule has 0 aromatic heterocycles. The molecule has 0 aliphatic carbocycles. The quantitative estimate of drug-likeness (QED) is 0.750. The smallest absolute Gasteiger partial charge is 0.320 e. The van der Waals surface area contributed by atoms with Crippen molar-refractivity contribution >= 4 is 15.9 Å². The lowest BCUT2D eigenvalue weighted by molar-refractivity contribution is 0.101. The standard InChI is InChI=1S/C14H27N3O3S/c1-12(2)16-6-4-13(5-7-16)15(3)14(18)17-8-10-21(19,20)11-9-17/h12-13H,4-11H2,1-3H3. The van der Waals surface area contributed by atoms with Gasteiger partial charge in [-0.15, -0.1) is 0 Å². The first-order valence-corrected chi connectivity index (χ1v) is 9.58. The first-order valence-electron chi connectivity index (χ1n) is 7.76. The Morgan fingerprint density at radius 3 is 2.10 bits per heavy atom. The summed E-state index contributed by atoms with van der Waals surface area (Å²) in [4.78, 5) is 18.4. The van der Waals surface area contributed by atoms with Crippen molar-refractivity contribution in [3.63, 3.8) is 0 Å². The van der Waals surface area contributed by atoms with E-state index in [9.17, 15) is 13.2 Å². The molecule has 2 amide bonds. The predicted octanol–water partition coefficient (Wildman–Crippen LogP) is 0.641. The van der Waals surface area contributed by atoms with Gasteiger partial charge in [0.25, 0.3) is 0 Å². The normalized spacial score (nSPS) is 24.3. The molecule has 0 atom stereocenters. The Bertz CT molecular complexity index is 456. The molecule has 21 heavy (non-hydrogen) atoms. The van der Waals surface area contributed by atoms with Gasteiger partial charge in [-0.3, -0.25) is 0 Å². The van der Waals surface area contributed by atoms with E-state index < -0.39 is 9.84 Å². The molecule has 2 fully saturated rings. The van der Waals surface area contributed by atoms with Crippen molar-refractivity contribution in [2.45, 2.75) is 38.8 Å². The Labute approximate surface area is 128 Å². The Balaban J connectivity index is 1.86. The van der Waals surface area contributed by atoms with Crippen LogP contribution in [0.25, 0.3) is 0 Å². The number of rotatable bonds is 2. The third kappa shape index (κ3) is 4.10. The molecule has 2 heterocycles. The van der Waals surface area contributed by atoms with E-state index >= 15 is 0 Å². The molecule has 2 rings (SSSR count). The van der Waals surface area contributed by atoms with Gasteiger partial charge >= 0.3 is 6.03 Å². The summed E-state index contributed by atoms with van der Waals surface area (Å²) in [7, 11) is -1.09. The minimum absolute atomic E-state index is 0.0205. The molecule has 2 saturated heterocycles. The van der Waals surface area contributed by atoms with Gasteiger partial charge in [0.2, 0.25) is 0 Å². The van der Waals surface area contributed by atoms with E-state index in [1.54, 1.807) is 4.90 Å². The van der Waals surface area contributed by atoms with E-state index in [-0.39, 0.29) is 23.6 Å². The maximum absolute atomic E-state index is 12.5. The number of urea groups is 1. The highest BCUT2D eigenvalue weighted by Crippen LogP contribution is 2.19. The highest BCUT2D eigenvalue weighted by molar-refractivity contribution is 7.91. The minimum Gasteiger partial charge on any atom is -0.325 e. The van der Waals surface area contributed by atoms with Crippen LogP contribution in [0.1, 0.15) is 26.7 Å². The van der Waals surface area contributed by atoms with Gasteiger partial charge < -0.3 is 14.7 Å². The molecule has 6 nitrogen and oxygen atoms in total. The van der Waals surface area contributed by atoms with E-state index in [0.717, 1.165) is 25.9 Å². The molecule has 122 valence electrons. The third-order valence-corrected chi connectivity index (χ3v) is 6.30. The summed E-state index contributed by atoms with van der Waals surface area (Å²) in [5.74, 6) is 0.191. The average molecular weight is 317 g/mol. The van der Waals surface area contributed by atoms with Crippen LogP contribution in [0.2, 0.25) is 0 Å². The fourth-order valence-electron chi connectivity index (χ4n) is 3.07. The zero-order chi connectivity index (χ0) is 15.6. The fraction of sp³-hybridized carbons (Fsp3) is 0.929. The van der Waals surface area contributed by atoms with Crippen LogP contribution < -0.4 is 0 Å². The highest BCUT2D eigenvalue weighted by Gasteiger charge is 2.31. The SMILES string of the molecule is CC(C)N1CCC(N(C)C(=O)N2CCS(=O)(=O)CC2)CC1. The van der Waals surface area contributed by atoms with Gasteiger partial charge in [0.1, 0.15) is 0 Å². The lowest BCUT2D eigenvalue weighted by Crippen LogP contribution is -2.53. The van der Waals surface area contributed by atoms with E-state index in [1.807, 2.05) is 11.9 Å². The monoisotopic (exact) mass is 317 g/mol. The predicted molar refractivity (Wildman–Crippen MR) is 83.1 cm³/mol. The third-order valence-electron chi connectivity index (χ3n) is 4.69. The van der Waals surface area contributed by atoms with Gasteiger partial charge in [0.15, 0.2) is 9.84 Å². The van der Waals surface area contributed by atoms with Gasteiger partial charge in [-0.2, -0.15) is 0 Å². The maximum Gasteiger partial charge on any atom is 0.320 e. The zero-order valence-electron chi connectivity index (χ0n) is 13.3. The number of piperidine rings is 1. The van der Waals surface area contributed by atoms with Crippen molar-refractivity contribution in [3.8, 4) is 0 Å². The minimum atomic E-state index is -2.94. The molecular weight excluding hydrogens is 290 g/mol. The highest BCUT2D eigenvalue weighted by atomic mass is 32.2. The molecule has 0 spiro atoms. The van der Waals surface area contributed by atoms with Crippen molar-refractivity contribution in [1.82, 2.24) is 14.7 Å². The van der Waals surface area contributed by atoms with Crippen LogP contribution in [0.3, 0.4) is 0 Å². The summed E-state index contributed by atoms with van der Waals surface area (Å²) in [5, 5.41) is 0. The second-order valence-corrected chi connectivity index (χ2v) is 8.70. The summed E-state index contributed by atoms with van der Waals surface area (Å²) in [6.07, 6.45) is 1.99. The number of carbonyl (C=O) groups is 1. The van der Waals surface area contributed by atoms with Gasteiger partial charge in [0, 0.05) is 45.3 Å². The van der Waals surface area contributed by atoms with Crippen LogP contribution in [0.5, 0.6) is 0 Å². The summed E-state index contributed by atoms with van der Waals surface area (Å²) in [6, 6.07) is 0.804. The molecule has 7 heteroatoms. The van der Waals surface area contributed by atoms with Crippen LogP contribution in [0.4, 0.5) is 4.79 Å². The van der Waals surface area contributed by atoms with Crippen molar-refractivity contribution < 1.29 is 13.2 Å². The van der Waals surface area contributed by atoms with Crippen molar-refractivity contribution in [3.05, 3.63) is 0 Å². The van der Waals surface area contributed by atoms with Crippen LogP contribution in [0, 0.1) is 0 Å². The van der Waals surface area contributed by atoms with Crippen LogP contribution in [0.15, 0.2) is 0 Å². The maximum atomic E-state index is 12.5. The molecule has 0 N–H and O–H groups in total. The van der Waals surface area contributed by atoms with Gasteiger partial charge in [-0.1, -0.05) is 0 Å². The molecule has 2 aliphatic heterocycles. The molecule has 0 saturated carbocycles. The largest absolute Gasteiger partial charge is 0.325 e. The number of amides is 2. The molecule has 2 aliphatic rings. The van der Waals surface area contributed by atoms with Gasteiger partial charge in [0.05, 0.1) is 11.5 Å². The molecule has 0 unspecified atom stereocenters. The van der Waals surface area contributed by atoms with Gasteiger partial charge in [-0.05, 0) is 26.7 Å².